The lowest BCUT2D eigenvalue weighted by molar-refractivity contribution is 0.0734. The zero-order valence-corrected chi connectivity index (χ0v) is 17.2. The van der Waals surface area contributed by atoms with Crippen LogP contribution in [-0.2, 0) is 0 Å². The Balaban J connectivity index is 1.62. The third kappa shape index (κ3) is 5.49. The molecular weight excluding hydrogens is 472 g/mol. The molecule has 0 aliphatic carbocycles. The standard InChI is InChI=1S/C22H14Br2O3/c23-18-8-4-16(5-9-18)21(25)14-3-15-1-12-20(13-2-15)27-22(26)17-6-10-19(24)11-7-17/h1-14H/b14-3+. The number of carbonyl (C=O) groups excluding carboxylic acids is 2. The number of ether oxygens (including phenoxy) is 1. The summed E-state index contributed by atoms with van der Waals surface area (Å²) in [6.45, 7) is 0. The quantitative estimate of drug-likeness (QED) is 0.183. The number of ketones is 1. The molecule has 0 bridgehead atoms. The largest absolute Gasteiger partial charge is 0.423 e. The van der Waals surface area contributed by atoms with Crippen LogP contribution in [0, 0.1) is 0 Å². The number of benzene rings is 3. The van der Waals surface area contributed by atoms with E-state index in [9.17, 15) is 9.59 Å². The van der Waals surface area contributed by atoms with Gasteiger partial charge in [0.25, 0.3) is 0 Å². The first kappa shape index (κ1) is 19.3. The minimum Gasteiger partial charge on any atom is -0.423 e. The van der Waals surface area contributed by atoms with Gasteiger partial charge in [0.1, 0.15) is 5.75 Å². The van der Waals surface area contributed by atoms with Crippen molar-refractivity contribution in [2.75, 3.05) is 0 Å². The molecule has 0 heterocycles. The number of allylic oxidation sites excluding steroid dienone is 1. The molecule has 0 amide bonds. The van der Waals surface area contributed by atoms with E-state index in [1.165, 1.54) is 6.08 Å². The van der Waals surface area contributed by atoms with Crippen LogP contribution in [-0.4, -0.2) is 11.8 Å². The van der Waals surface area contributed by atoms with E-state index in [0.717, 1.165) is 14.5 Å². The summed E-state index contributed by atoms with van der Waals surface area (Å²) < 4.78 is 7.18. The van der Waals surface area contributed by atoms with Crippen molar-refractivity contribution in [2.24, 2.45) is 0 Å². The molecule has 0 aliphatic heterocycles. The van der Waals surface area contributed by atoms with Crippen molar-refractivity contribution in [2.45, 2.75) is 0 Å². The van der Waals surface area contributed by atoms with Crippen LogP contribution in [0.3, 0.4) is 0 Å². The summed E-state index contributed by atoms with van der Waals surface area (Å²) >= 11 is 6.67. The molecule has 3 nitrogen and oxygen atoms in total. The van der Waals surface area contributed by atoms with Crippen molar-refractivity contribution in [1.82, 2.24) is 0 Å². The molecule has 3 aromatic carbocycles. The van der Waals surface area contributed by atoms with Gasteiger partial charge in [-0.3, -0.25) is 4.79 Å². The third-order valence-electron chi connectivity index (χ3n) is 3.73. The molecule has 0 spiro atoms. The molecule has 0 fully saturated rings. The van der Waals surface area contributed by atoms with Gasteiger partial charge in [-0.05, 0) is 72.3 Å². The second-order valence-corrected chi connectivity index (χ2v) is 7.50. The number of carbonyl (C=O) groups is 2. The third-order valence-corrected chi connectivity index (χ3v) is 4.78. The van der Waals surface area contributed by atoms with Crippen LogP contribution in [0.5, 0.6) is 5.75 Å². The summed E-state index contributed by atoms with van der Waals surface area (Å²) in [6.07, 6.45) is 3.25. The fourth-order valence-corrected chi connectivity index (χ4v) is 2.81. The van der Waals surface area contributed by atoms with Crippen molar-refractivity contribution >= 4 is 49.7 Å². The van der Waals surface area contributed by atoms with Crippen LogP contribution in [0.2, 0.25) is 0 Å². The van der Waals surface area contributed by atoms with Gasteiger partial charge in [0.05, 0.1) is 5.56 Å². The predicted octanol–water partition coefficient (Wildman–Crippen LogP) is 6.33. The molecule has 0 saturated carbocycles. The van der Waals surface area contributed by atoms with Gasteiger partial charge in [0.2, 0.25) is 0 Å². The maximum Gasteiger partial charge on any atom is 0.343 e. The summed E-state index contributed by atoms with van der Waals surface area (Å²) in [4.78, 5) is 24.3. The molecule has 3 rings (SSSR count). The fourth-order valence-electron chi connectivity index (χ4n) is 2.28. The fraction of sp³-hybridized carbons (Fsp3) is 0. The van der Waals surface area contributed by atoms with Crippen LogP contribution in [0.15, 0.2) is 87.8 Å². The van der Waals surface area contributed by atoms with E-state index in [1.807, 2.05) is 12.1 Å². The summed E-state index contributed by atoms with van der Waals surface area (Å²) in [5.74, 6) is -0.0521. The molecule has 5 heteroatoms. The number of hydrogen-bond acceptors (Lipinski definition) is 3. The molecule has 0 aliphatic rings. The maximum atomic E-state index is 12.1. The first-order valence-electron chi connectivity index (χ1n) is 8.07. The van der Waals surface area contributed by atoms with Gasteiger partial charge in [-0.15, -0.1) is 0 Å². The zero-order valence-electron chi connectivity index (χ0n) is 14.1. The van der Waals surface area contributed by atoms with Gasteiger partial charge >= 0.3 is 5.97 Å². The van der Waals surface area contributed by atoms with E-state index >= 15 is 0 Å². The average molecular weight is 486 g/mol. The molecule has 27 heavy (non-hydrogen) atoms. The monoisotopic (exact) mass is 484 g/mol. The SMILES string of the molecule is O=C(/C=C/c1ccc(OC(=O)c2ccc(Br)cc2)cc1)c1ccc(Br)cc1. The van der Waals surface area contributed by atoms with Crippen LogP contribution in [0.25, 0.3) is 6.08 Å². The van der Waals surface area contributed by atoms with Crippen LogP contribution in [0.1, 0.15) is 26.3 Å². The van der Waals surface area contributed by atoms with E-state index in [2.05, 4.69) is 31.9 Å². The van der Waals surface area contributed by atoms with Crippen molar-refractivity contribution in [1.29, 1.82) is 0 Å². The van der Waals surface area contributed by atoms with Crippen molar-refractivity contribution < 1.29 is 14.3 Å². The van der Waals surface area contributed by atoms with Gasteiger partial charge in [-0.25, -0.2) is 4.79 Å². The minimum absolute atomic E-state index is 0.0757. The van der Waals surface area contributed by atoms with Crippen LogP contribution >= 0.6 is 31.9 Å². The van der Waals surface area contributed by atoms with E-state index in [0.29, 0.717) is 16.9 Å². The number of rotatable bonds is 5. The maximum absolute atomic E-state index is 12.1. The Morgan fingerprint density at radius 3 is 1.78 bits per heavy atom. The lowest BCUT2D eigenvalue weighted by atomic mass is 10.1. The lowest BCUT2D eigenvalue weighted by Crippen LogP contribution is -2.08. The molecule has 3 aromatic rings. The molecule has 0 N–H and O–H groups in total. The number of esters is 1. The van der Waals surface area contributed by atoms with Crippen LogP contribution < -0.4 is 4.74 Å². The number of halogens is 2. The van der Waals surface area contributed by atoms with Gasteiger partial charge in [-0.2, -0.15) is 0 Å². The Labute approximate surface area is 173 Å². The molecule has 0 saturated heterocycles. The molecule has 134 valence electrons. The predicted molar refractivity (Wildman–Crippen MR) is 113 cm³/mol. The van der Waals surface area contributed by atoms with Crippen molar-refractivity contribution in [3.05, 3.63) is 105 Å². The molecule has 0 atom stereocenters. The summed E-state index contributed by atoms with van der Waals surface area (Å²) in [7, 11) is 0. The first-order valence-corrected chi connectivity index (χ1v) is 9.66. The Morgan fingerprint density at radius 1 is 0.704 bits per heavy atom. The Morgan fingerprint density at radius 2 is 1.22 bits per heavy atom. The minimum atomic E-state index is -0.420. The highest BCUT2D eigenvalue weighted by Crippen LogP contribution is 2.17. The van der Waals surface area contributed by atoms with Crippen molar-refractivity contribution in [3.63, 3.8) is 0 Å². The highest BCUT2D eigenvalue weighted by Gasteiger charge is 2.08. The lowest BCUT2D eigenvalue weighted by Gasteiger charge is -2.05. The Bertz CT molecular complexity index is 974. The highest BCUT2D eigenvalue weighted by atomic mass is 79.9. The van der Waals surface area contributed by atoms with Gasteiger partial charge in [0.15, 0.2) is 5.78 Å². The van der Waals surface area contributed by atoms with E-state index < -0.39 is 5.97 Å². The Hall–Kier alpha value is -2.50. The molecule has 0 unspecified atom stereocenters. The molecule has 0 radical (unpaired) electrons. The molecular formula is C22H14Br2O3. The zero-order chi connectivity index (χ0) is 19.2. The van der Waals surface area contributed by atoms with E-state index in [-0.39, 0.29) is 5.78 Å². The summed E-state index contributed by atoms with van der Waals surface area (Å²) in [5, 5.41) is 0. The normalized spacial score (nSPS) is 10.7. The smallest absolute Gasteiger partial charge is 0.343 e. The van der Waals surface area contributed by atoms with Crippen LogP contribution in [0.4, 0.5) is 0 Å². The Kier molecular flexibility index (Phi) is 6.37. The first-order chi connectivity index (χ1) is 13.0. The highest BCUT2D eigenvalue weighted by molar-refractivity contribution is 9.10. The molecule has 0 aromatic heterocycles. The van der Waals surface area contributed by atoms with Gasteiger partial charge in [-0.1, -0.05) is 50.1 Å². The van der Waals surface area contributed by atoms with Gasteiger partial charge in [0, 0.05) is 14.5 Å². The average Bonchev–Trinajstić information content (AvgIpc) is 2.68. The topological polar surface area (TPSA) is 43.4 Å². The second-order valence-electron chi connectivity index (χ2n) is 5.67. The van der Waals surface area contributed by atoms with E-state index in [4.69, 9.17) is 4.74 Å². The van der Waals surface area contributed by atoms with Crippen molar-refractivity contribution in [3.8, 4) is 5.75 Å². The van der Waals surface area contributed by atoms with E-state index in [1.54, 1.807) is 66.7 Å². The second kappa shape index (κ2) is 8.93. The summed E-state index contributed by atoms with van der Waals surface area (Å²) in [5.41, 5.74) is 1.93. The number of hydrogen-bond donors (Lipinski definition) is 0. The van der Waals surface area contributed by atoms with Gasteiger partial charge < -0.3 is 4.74 Å². The summed E-state index contributed by atoms with van der Waals surface area (Å²) in [6, 6.07) is 21.1.